The number of aryl methyl sites for hydroxylation is 2. The topological polar surface area (TPSA) is 121 Å². The molecule has 4 heterocycles. The standard InChI is InChI=1S/C31H27N7O2S/c1-18(34-29-24(15-33-31(32)36-29)25-17-41-19(2)35-25)26-14-20-8-7-11-23(21-12-13-27(39)37(3)16-21)28(20)30(40)38(26)22-9-5-4-6-10-22/h4-18H,1-3H3,(H3,32,33,34,36)/t18-/m0/s1. The fourth-order valence-electron chi connectivity index (χ4n) is 5.00. The lowest BCUT2D eigenvalue weighted by atomic mass is 9.98. The van der Waals surface area contributed by atoms with Crippen molar-refractivity contribution in [3.8, 4) is 28.1 Å². The van der Waals surface area contributed by atoms with E-state index in [4.69, 9.17) is 5.73 Å². The van der Waals surface area contributed by atoms with Crippen molar-refractivity contribution in [1.29, 1.82) is 0 Å². The molecular weight excluding hydrogens is 534 g/mol. The van der Waals surface area contributed by atoms with Crippen LogP contribution in [0, 0.1) is 6.92 Å². The molecule has 0 aliphatic rings. The van der Waals surface area contributed by atoms with Crippen LogP contribution in [0.3, 0.4) is 0 Å². The molecule has 41 heavy (non-hydrogen) atoms. The molecule has 0 saturated carbocycles. The van der Waals surface area contributed by atoms with Gasteiger partial charge in [-0.3, -0.25) is 14.2 Å². The molecule has 0 amide bonds. The fraction of sp³-hybridized carbons (Fsp3) is 0.129. The molecule has 0 radical (unpaired) electrons. The largest absolute Gasteiger partial charge is 0.368 e. The van der Waals surface area contributed by atoms with E-state index >= 15 is 0 Å². The van der Waals surface area contributed by atoms with Crippen LogP contribution in [0.1, 0.15) is 23.7 Å². The predicted molar refractivity (Wildman–Crippen MR) is 165 cm³/mol. The monoisotopic (exact) mass is 561 g/mol. The number of pyridine rings is 2. The van der Waals surface area contributed by atoms with Crippen molar-refractivity contribution in [3.05, 3.63) is 116 Å². The van der Waals surface area contributed by atoms with Gasteiger partial charge in [0.1, 0.15) is 5.82 Å². The number of benzene rings is 2. The zero-order valence-corrected chi connectivity index (χ0v) is 23.5. The summed E-state index contributed by atoms with van der Waals surface area (Å²) in [5.41, 5.74) is 10.2. The highest BCUT2D eigenvalue weighted by Gasteiger charge is 2.21. The van der Waals surface area contributed by atoms with Crippen molar-refractivity contribution in [2.45, 2.75) is 19.9 Å². The molecule has 2 aromatic carbocycles. The number of para-hydroxylation sites is 1. The summed E-state index contributed by atoms with van der Waals surface area (Å²) in [4.78, 5) is 39.7. The summed E-state index contributed by atoms with van der Waals surface area (Å²) in [5, 5.41) is 7.71. The molecule has 0 unspecified atom stereocenters. The third-order valence-electron chi connectivity index (χ3n) is 6.99. The third-order valence-corrected chi connectivity index (χ3v) is 7.76. The number of hydrogen-bond donors (Lipinski definition) is 2. The Bertz CT molecular complexity index is 2030. The minimum atomic E-state index is -0.360. The van der Waals surface area contributed by atoms with Crippen molar-refractivity contribution >= 4 is 33.9 Å². The molecule has 6 rings (SSSR count). The zero-order chi connectivity index (χ0) is 28.7. The lowest BCUT2D eigenvalue weighted by molar-refractivity contribution is 0.773. The average molecular weight is 562 g/mol. The molecule has 4 aromatic heterocycles. The SMILES string of the molecule is Cc1nc(-c2cnc(N)nc2N[C@@H](C)c2cc3cccc(-c4ccc(=O)n(C)c4)c3c(=O)n2-c2ccccc2)cs1. The number of fused-ring (bicyclic) bond motifs is 1. The van der Waals surface area contributed by atoms with Crippen molar-refractivity contribution in [2.75, 3.05) is 11.1 Å². The Hall–Kier alpha value is -5.09. The Kier molecular flexibility index (Phi) is 6.68. The second-order valence-corrected chi connectivity index (χ2v) is 10.9. The van der Waals surface area contributed by atoms with Crippen molar-refractivity contribution in [3.63, 3.8) is 0 Å². The Balaban J connectivity index is 1.55. The van der Waals surface area contributed by atoms with Crippen LogP contribution in [-0.2, 0) is 7.05 Å². The van der Waals surface area contributed by atoms with Gasteiger partial charge in [0.25, 0.3) is 5.56 Å². The molecule has 0 spiro atoms. The van der Waals surface area contributed by atoms with Crippen LogP contribution in [0.15, 0.2) is 94.1 Å². The van der Waals surface area contributed by atoms with E-state index in [2.05, 4.69) is 20.3 Å². The molecule has 3 N–H and O–H groups in total. The van der Waals surface area contributed by atoms with Crippen LogP contribution in [0.2, 0.25) is 0 Å². The van der Waals surface area contributed by atoms with Gasteiger partial charge in [-0.2, -0.15) is 4.98 Å². The van der Waals surface area contributed by atoms with Gasteiger partial charge in [-0.25, -0.2) is 9.97 Å². The Morgan fingerprint density at radius 1 is 0.976 bits per heavy atom. The van der Waals surface area contributed by atoms with Crippen LogP contribution >= 0.6 is 11.3 Å². The number of nitrogens with one attached hydrogen (secondary N) is 1. The number of thiazole rings is 1. The summed E-state index contributed by atoms with van der Waals surface area (Å²) < 4.78 is 3.24. The van der Waals surface area contributed by atoms with E-state index in [0.29, 0.717) is 11.2 Å². The summed E-state index contributed by atoms with van der Waals surface area (Å²) in [5.74, 6) is 0.665. The molecule has 204 valence electrons. The first-order valence-corrected chi connectivity index (χ1v) is 13.9. The fourth-order valence-corrected chi connectivity index (χ4v) is 5.61. The maximum Gasteiger partial charge on any atom is 0.263 e. The first kappa shape index (κ1) is 26.1. The number of hydrogen-bond acceptors (Lipinski definition) is 8. The van der Waals surface area contributed by atoms with Gasteiger partial charge in [0.15, 0.2) is 0 Å². The van der Waals surface area contributed by atoms with E-state index in [1.165, 1.54) is 10.6 Å². The first-order chi connectivity index (χ1) is 19.8. The van der Waals surface area contributed by atoms with Crippen molar-refractivity contribution in [2.24, 2.45) is 7.05 Å². The van der Waals surface area contributed by atoms with Crippen LogP contribution in [-0.4, -0.2) is 24.1 Å². The Labute approximate surface area is 239 Å². The minimum Gasteiger partial charge on any atom is -0.368 e. The number of aromatic nitrogens is 5. The summed E-state index contributed by atoms with van der Waals surface area (Å²) in [6, 6.07) is 20.2. The molecule has 0 saturated heterocycles. The van der Waals surface area contributed by atoms with Gasteiger partial charge in [-0.15, -0.1) is 11.3 Å². The smallest absolute Gasteiger partial charge is 0.263 e. The number of nitrogens with zero attached hydrogens (tertiary/aromatic N) is 5. The second kappa shape index (κ2) is 10.5. The molecule has 0 aliphatic carbocycles. The van der Waals surface area contributed by atoms with Crippen LogP contribution in [0.4, 0.5) is 11.8 Å². The van der Waals surface area contributed by atoms with Gasteiger partial charge in [-0.05, 0) is 54.6 Å². The van der Waals surface area contributed by atoms with E-state index in [1.54, 1.807) is 41.4 Å². The van der Waals surface area contributed by atoms with Crippen molar-refractivity contribution in [1.82, 2.24) is 24.1 Å². The zero-order valence-electron chi connectivity index (χ0n) is 22.7. The van der Waals surface area contributed by atoms with E-state index < -0.39 is 0 Å². The van der Waals surface area contributed by atoms with E-state index in [0.717, 1.165) is 44.2 Å². The molecule has 9 nitrogen and oxygen atoms in total. The number of anilines is 2. The highest BCUT2D eigenvalue weighted by atomic mass is 32.1. The van der Waals surface area contributed by atoms with Gasteiger partial charge in [0, 0.05) is 42.3 Å². The average Bonchev–Trinajstić information content (AvgIpc) is 3.40. The van der Waals surface area contributed by atoms with Gasteiger partial charge < -0.3 is 15.6 Å². The van der Waals surface area contributed by atoms with Gasteiger partial charge in [0.05, 0.1) is 27.7 Å². The summed E-state index contributed by atoms with van der Waals surface area (Å²) in [7, 11) is 1.70. The highest BCUT2D eigenvalue weighted by molar-refractivity contribution is 7.09. The summed E-state index contributed by atoms with van der Waals surface area (Å²) in [6.45, 7) is 3.92. The number of rotatable bonds is 6. The maximum atomic E-state index is 14.4. The van der Waals surface area contributed by atoms with Crippen LogP contribution in [0.5, 0.6) is 0 Å². The Morgan fingerprint density at radius 3 is 2.51 bits per heavy atom. The quantitative estimate of drug-likeness (QED) is 0.282. The second-order valence-electron chi connectivity index (χ2n) is 9.79. The first-order valence-electron chi connectivity index (χ1n) is 13.0. The Morgan fingerprint density at radius 2 is 1.78 bits per heavy atom. The third kappa shape index (κ3) is 4.89. The lowest BCUT2D eigenvalue weighted by Gasteiger charge is -2.23. The number of nitrogens with two attached hydrogens (primary N) is 1. The molecular formula is C31H27N7O2S. The molecule has 0 bridgehead atoms. The van der Waals surface area contributed by atoms with Gasteiger partial charge in [0.2, 0.25) is 11.5 Å². The highest BCUT2D eigenvalue weighted by Crippen LogP contribution is 2.32. The molecule has 1 atom stereocenters. The van der Waals surface area contributed by atoms with Crippen LogP contribution < -0.4 is 22.2 Å². The summed E-state index contributed by atoms with van der Waals surface area (Å²) in [6.07, 6.45) is 3.42. The molecule has 10 heteroatoms. The van der Waals surface area contributed by atoms with Crippen molar-refractivity contribution < 1.29 is 0 Å². The summed E-state index contributed by atoms with van der Waals surface area (Å²) >= 11 is 1.54. The van der Waals surface area contributed by atoms with E-state index in [1.807, 2.05) is 73.8 Å². The predicted octanol–water partition coefficient (Wildman–Crippen LogP) is 5.33. The molecule has 6 aromatic rings. The molecule has 0 fully saturated rings. The normalized spacial score (nSPS) is 12.0. The lowest BCUT2D eigenvalue weighted by Crippen LogP contribution is -2.26. The maximum absolute atomic E-state index is 14.4. The van der Waals surface area contributed by atoms with Gasteiger partial charge >= 0.3 is 0 Å². The number of nitrogen functional groups attached to an aromatic ring is 1. The minimum absolute atomic E-state index is 0.115. The van der Waals surface area contributed by atoms with E-state index in [-0.39, 0.29) is 23.1 Å². The molecule has 0 aliphatic heterocycles. The van der Waals surface area contributed by atoms with Gasteiger partial charge in [-0.1, -0.05) is 36.4 Å². The van der Waals surface area contributed by atoms with E-state index in [9.17, 15) is 9.59 Å². The van der Waals surface area contributed by atoms with Crippen LogP contribution in [0.25, 0.3) is 38.8 Å².